The lowest BCUT2D eigenvalue weighted by Crippen LogP contribution is -2.13. The van der Waals surface area contributed by atoms with Crippen LogP contribution >= 0.6 is 11.6 Å². The number of fused-ring (bicyclic) bond motifs is 3. The molecule has 1 N–H and O–H groups in total. The van der Waals surface area contributed by atoms with Crippen LogP contribution in [-0.2, 0) is 14.8 Å². The molecular formula is C25H24ClNO5S. The largest absolute Gasteiger partial charge is 0.462 e. The summed E-state index contributed by atoms with van der Waals surface area (Å²) in [4.78, 5) is 12.9. The van der Waals surface area contributed by atoms with Crippen molar-refractivity contribution in [3.05, 3.63) is 70.9 Å². The van der Waals surface area contributed by atoms with E-state index in [1.807, 2.05) is 18.2 Å². The number of unbranched alkanes of at least 4 members (excludes halogenated alkanes) is 2. The zero-order chi connectivity index (χ0) is 23.6. The Bertz CT molecular complexity index is 1420. The number of carbonyl (C=O) groups is 1. The van der Waals surface area contributed by atoms with Gasteiger partial charge in [0, 0.05) is 21.2 Å². The van der Waals surface area contributed by atoms with Gasteiger partial charge in [-0.2, -0.15) is 0 Å². The highest BCUT2D eigenvalue weighted by Crippen LogP contribution is 2.37. The molecule has 3 aromatic carbocycles. The van der Waals surface area contributed by atoms with Crippen LogP contribution in [0, 0.1) is 6.92 Å². The van der Waals surface area contributed by atoms with Crippen molar-refractivity contribution in [2.24, 2.45) is 0 Å². The lowest BCUT2D eigenvalue weighted by molar-refractivity contribution is 0.0498. The summed E-state index contributed by atoms with van der Waals surface area (Å²) in [5, 5.41) is 2.29. The maximum absolute atomic E-state index is 13.1. The van der Waals surface area contributed by atoms with E-state index < -0.39 is 16.0 Å². The van der Waals surface area contributed by atoms with Gasteiger partial charge in [0.05, 0.1) is 17.2 Å². The van der Waals surface area contributed by atoms with E-state index in [0.29, 0.717) is 50.4 Å². The highest BCUT2D eigenvalue weighted by molar-refractivity contribution is 7.92. The van der Waals surface area contributed by atoms with Crippen molar-refractivity contribution < 1.29 is 22.4 Å². The molecule has 4 rings (SSSR count). The first-order chi connectivity index (χ1) is 15.8. The number of carbonyl (C=O) groups excluding carboxylic acids is 1. The molecule has 0 fully saturated rings. The van der Waals surface area contributed by atoms with E-state index >= 15 is 0 Å². The third-order valence-electron chi connectivity index (χ3n) is 5.43. The Morgan fingerprint density at radius 1 is 1.03 bits per heavy atom. The summed E-state index contributed by atoms with van der Waals surface area (Å²) in [5.74, 6) is -0.0579. The van der Waals surface area contributed by atoms with Crippen molar-refractivity contribution in [2.45, 2.75) is 38.0 Å². The molecule has 0 radical (unpaired) electrons. The normalized spacial score (nSPS) is 11.7. The fraction of sp³-hybridized carbons (Fsp3) is 0.240. The Hall–Kier alpha value is -3.03. The van der Waals surface area contributed by atoms with Crippen LogP contribution < -0.4 is 4.72 Å². The number of hydrogen-bond donors (Lipinski definition) is 1. The number of esters is 1. The predicted molar refractivity (Wildman–Crippen MR) is 131 cm³/mol. The van der Waals surface area contributed by atoms with E-state index in [9.17, 15) is 13.2 Å². The molecular weight excluding hydrogens is 462 g/mol. The van der Waals surface area contributed by atoms with Crippen LogP contribution in [0.25, 0.3) is 21.7 Å². The van der Waals surface area contributed by atoms with Crippen LogP contribution in [0.15, 0.2) is 63.9 Å². The lowest BCUT2D eigenvalue weighted by atomic mass is 10.0. The summed E-state index contributed by atoms with van der Waals surface area (Å²) in [6.07, 6.45) is 2.78. The van der Waals surface area contributed by atoms with Crippen molar-refractivity contribution in [2.75, 3.05) is 11.3 Å². The maximum atomic E-state index is 13.1. The predicted octanol–water partition coefficient (Wildman–Crippen LogP) is 6.70. The molecule has 0 saturated carbocycles. The van der Waals surface area contributed by atoms with E-state index in [0.717, 1.165) is 19.3 Å². The standard InChI is InChI=1S/C25H24ClNO5S/c1-3-4-7-14-31-25(28)23-16(2)32-24-20-9-6-5-8-19(20)22(15-21(23)24)27-33(29,30)18-12-10-17(26)11-13-18/h5-6,8-13,15,27H,3-4,7,14H2,1-2H3. The van der Waals surface area contributed by atoms with Crippen molar-refractivity contribution in [1.29, 1.82) is 0 Å². The average Bonchev–Trinajstić information content (AvgIpc) is 3.13. The summed E-state index contributed by atoms with van der Waals surface area (Å²) in [5.41, 5.74) is 1.16. The molecule has 1 aromatic heterocycles. The zero-order valence-electron chi connectivity index (χ0n) is 18.4. The molecule has 172 valence electrons. The number of furan rings is 1. The zero-order valence-corrected chi connectivity index (χ0v) is 19.9. The Labute approximate surface area is 197 Å². The quantitative estimate of drug-likeness (QED) is 0.222. The summed E-state index contributed by atoms with van der Waals surface area (Å²) < 4.78 is 40.2. The van der Waals surface area contributed by atoms with Crippen LogP contribution in [0.5, 0.6) is 0 Å². The first-order valence-corrected chi connectivity index (χ1v) is 12.6. The number of benzene rings is 3. The summed E-state index contributed by atoms with van der Waals surface area (Å²) >= 11 is 5.90. The molecule has 0 aliphatic carbocycles. The highest BCUT2D eigenvalue weighted by Gasteiger charge is 2.24. The minimum Gasteiger partial charge on any atom is -0.462 e. The van der Waals surface area contributed by atoms with Gasteiger partial charge >= 0.3 is 5.97 Å². The fourth-order valence-electron chi connectivity index (χ4n) is 3.78. The second-order valence-electron chi connectivity index (χ2n) is 7.78. The van der Waals surface area contributed by atoms with Crippen molar-refractivity contribution in [1.82, 2.24) is 0 Å². The second kappa shape index (κ2) is 9.45. The molecule has 0 bridgehead atoms. The first kappa shape index (κ1) is 23.1. The van der Waals surface area contributed by atoms with Gasteiger partial charge in [-0.1, -0.05) is 55.6 Å². The van der Waals surface area contributed by atoms with Crippen LogP contribution in [0.1, 0.15) is 42.3 Å². The van der Waals surface area contributed by atoms with Crippen molar-refractivity contribution >= 4 is 55.0 Å². The van der Waals surface area contributed by atoms with Crippen molar-refractivity contribution in [3.63, 3.8) is 0 Å². The number of nitrogens with one attached hydrogen (secondary N) is 1. The SMILES string of the molecule is CCCCCOC(=O)c1c(C)oc2c1cc(NS(=O)(=O)c1ccc(Cl)cc1)c1ccccc12. The van der Waals surface area contributed by atoms with Gasteiger partial charge in [0.1, 0.15) is 16.9 Å². The topological polar surface area (TPSA) is 85.6 Å². The number of ether oxygens (including phenoxy) is 1. The monoisotopic (exact) mass is 485 g/mol. The molecule has 0 saturated heterocycles. The van der Waals surface area contributed by atoms with Crippen molar-refractivity contribution in [3.8, 4) is 0 Å². The number of hydrogen-bond acceptors (Lipinski definition) is 5. The van der Waals surface area contributed by atoms with Crippen LogP contribution in [0.4, 0.5) is 5.69 Å². The molecule has 0 unspecified atom stereocenters. The van der Waals surface area contributed by atoms with Gasteiger partial charge in [-0.05, 0) is 43.7 Å². The maximum Gasteiger partial charge on any atom is 0.342 e. The van der Waals surface area contributed by atoms with Crippen LogP contribution in [0.2, 0.25) is 5.02 Å². The van der Waals surface area contributed by atoms with Gasteiger partial charge in [-0.15, -0.1) is 0 Å². The Balaban J connectivity index is 1.81. The molecule has 1 heterocycles. The molecule has 4 aromatic rings. The van der Waals surface area contributed by atoms with Gasteiger partial charge in [0.25, 0.3) is 10.0 Å². The summed E-state index contributed by atoms with van der Waals surface area (Å²) in [6, 6.07) is 14.8. The number of anilines is 1. The van der Waals surface area contributed by atoms with E-state index in [1.54, 1.807) is 19.1 Å². The molecule has 33 heavy (non-hydrogen) atoms. The van der Waals surface area contributed by atoms with Crippen LogP contribution in [0.3, 0.4) is 0 Å². The molecule has 0 aliphatic heterocycles. The van der Waals surface area contributed by atoms with E-state index in [1.165, 1.54) is 24.3 Å². The summed E-state index contributed by atoms with van der Waals surface area (Å²) in [6.45, 7) is 4.10. The molecule has 0 amide bonds. The number of sulfonamides is 1. The third kappa shape index (κ3) is 4.70. The Morgan fingerprint density at radius 3 is 2.42 bits per heavy atom. The number of aryl methyl sites for hydroxylation is 1. The molecule has 0 spiro atoms. The van der Waals surface area contributed by atoms with Gasteiger partial charge < -0.3 is 9.15 Å². The van der Waals surface area contributed by atoms with Gasteiger partial charge in [-0.3, -0.25) is 4.72 Å². The molecule has 0 aliphatic rings. The van der Waals surface area contributed by atoms with Gasteiger partial charge in [0.15, 0.2) is 0 Å². The molecule has 8 heteroatoms. The smallest absolute Gasteiger partial charge is 0.342 e. The Morgan fingerprint density at radius 2 is 1.73 bits per heavy atom. The van der Waals surface area contributed by atoms with E-state index in [2.05, 4.69) is 11.6 Å². The third-order valence-corrected chi connectivity index (χ3v) is 7.06. The molecule has 6 nitrogen and oxygen atoms in total. The van der Waals surface area contributed by atoms with Gasteiger partial charge in [0.2, 0.25) is 0 Å². The summed E-state index contributed by atoms with van der Waals surface area (Å²) in [7, 11) is -3.89. The lowest BCUT2D eigenvalue weighted by Gasteiger charge is -2.12. The first-order valence-electron chi connectivity index (χ1n) is 10.7. The fourth-order valence-corrected chi connectivity index (χ4v) is 4.98. The van der Waals surface area contributed by atoms with Gasteiger partial charge in [-0.25, -0.2) is 13.2 Å². The number of halogens is 1. The minimum atomic E-state index is -3.89. The van der Waals surface area contributed by atoms with Crippen LogP contribution in [-0.4, -0.2) is 21.0 Å². The minimum absolute atomic E-state index is 0.0787. The Kier molecular flexibility index (Phi) is 6.63. The molecule has 0 atom stereocenters. The highest BCUT2D eigenvalue weighted by atomic mass is 35.5. The number of rotatable bonds is 8. The van der Waals surface area contributed by atoms with E-state index in [4.69, 9.17) is 20.8 Å². The average molecular weight is 486 g/mol. The second-order valence-corrected chi connectivity index (χ2v) is 9.90. The van der Waals surface area contributed by atoms with E-state index in [-0.39, 0.29) is 4.90 Å².